The lowest BCUT2D eigenvalue weighted by Gasteiger charge is -2.04. The third kappa shape index (κ3) is 5.50. The molecule has 0 bridgehead atoms. The molecule has 0 aliphatic carbocycles. The van der Waals surface area contributed by atoms with Gasteiger partial charge < -0.3 is 10.1 Å². The molecular formula is C22H17F2N3O2S2. The molecule has 0 aliphatic rings. The molecule has 0 atom stereocenters. The maximum absolute atomic E-state index is 13.4. The van der Waals surface area contributed by atoms with E-state index in [2.05, 4.69) is 15.3 Å². The topological polar surface area (TPSA) is 64.1 Å². The van der Waals surface area contributed by atoms with Gasteiger partial charge in [-0.1, -0.05) is 17.7 Å². The molecule has 158 valence electrons. The van der Waals surface area contributed by atoms with E-state index < -0.39 is 11.6 Å². The predicted octanol–water partition coefficient (Wildman–Crippen LogP) is 5.61. The second kappa shape index (κ2) is 9.32. The molecule has 2 aromatic heterocycles. The number of carbonyl (C=O) groups excluding carboxylic acids is 1. The average Bonchev–Trinajstić information content (AvgIpc) is 3.39. The molecule has 1 N–H and O–H groups in total. The van der Waals surface area contributed by atoms with Crippen LogP contribution in [0.15, 0.2) is 53.2 Å². The molecule has 0 aliphatic heterocycles. The van der Waals surface area contributed by atoms with Gasteiger partial charge in [0.2, 0.25) is 5.91 Å². The van der Waals surface area contributed by atoms with Gasteiger partial charge >= 0.3 is 0 Å². The van der Waals surface area contributed by atoms with E-state index in [-0.39, 0.29) is 12.3 Å². The summed E-state index contributed by atoms with van der Waals surface area (Å²) < 4.78 is 32.2. The lowest BCUT2D eigenvalue weighted by atomic mass is 10.2. The summed E-state index contributed by atoms with van der Waals surface area (Å²) in [7, 11) is 0. The van der Waals surface area contributed by atoms with Gasteiger partial charge in [-0.25, -0.2) is 18.7 Å². The normalized spacial score (nSPS) is 10.8. The number of hydrogen-bond acceptors (Lipinski definition) is 6. The molecule has 0 saturated carbocycles. The van der Waals surface area contributed by atoms with Crippen LogP contribution in [0.4, 0.5) is 13.9 Å². The van der Waals surface area contributed by atoms with Crippen molar-refractivity contribution in [3.63, 3.8) is 0 Å². The first kappa shape index (κ1) is 21.1. The maximum Gasteiger partial charge on any atom is 0.232 e. The Morgan fingerprint density at radius 1 is 1.03 bits per heavy atom. The second-order valence-corrected chi connectivity index (χ2v) is 8.53. The van der Waals surface area contributed by atoms with Gasteiger partial charge in [0.1, 0.15) is 17.4 Å². The number of ether oxygens (including phenoxy) is 1. The Bertz CT molecular complexity index is 1210. The Morgan fingerprint density at radius 2 is 1.84 bits per heavy atom. The van der Waals surface area contributed by atoms with Crippen LogP contribution in [-0.2, 0) is 17.8 Å². The lowest BCUT2D eigenvalue weighted by Crippen LogP contribution is -2.14. The van der Waals surface area contributed by atoms with Crippen molar-refractivity contribution in [1.82, 2.24) is 9.97 Å². The summed E-state index contributed by atoms with van der Waals surface area (Å²) in [5.41, 5.74) is 2.70. The number of anilines is 1. The van der Waals surface area contributed by atoms with Crippen molar-refractivity contribution in [2.24, 2.45) is 0 Å². The Morgan fingerprint density at radius 3 is 2.61 bits per heavy atom. The minimum absolute atomic E-state index is 0.0983. The number of aryl methyl sites for hydroxylation is 1. The lowest BCUT2D eigenvalue weighted by molar-refractivity contribution is -0.115. The molecular weight excluding hydrogens is 440 g/mol. The van der Waals surface area contributed by atoms with Crippen LogP contribution in [0.3, 0.4) is 0 Å². The quantitative estimate of drug-likeness (QED) is 0.392. The Balaban J connectivity index is 1.31. The summed E-state index contributed by atoms with van der Waals surface area (Å²) in [6.45, 7) is 2.34. The average molecular weight is 458 g/mol. The minimum Gasteiger partial charge on any atom is -0.486 e. The van der Waals surface area contributed by atoms with Gasteiger partial charge in [0.05, 0.1) is 17.8 Å². The first-order valence-electron chi connectivity index (χ1n) is 9.30. The first-order valence-corrected chi connectivity index (χ1v) is 11.1. The molecule has 2 aromatic carbocycles. The van der Waals surface area contributed by atoms with Crippen LogP contribution >= 0.6 is 22.7 Å². The van der Waals surface area contributed by atoms with Gasteiger partial charge in [-0.15, -0.1) is 22.7 Å². The number of benzene rings is 2. The number of nitrogens with one attached hydrogen (secondary N) is 1. The second-order valence-electron chi connectivity index (χ2n) is 6.73. The smallest absolute Gasteiger partial charge is 0.232 e. The number of carbonyl (C=O) groups is 1. The van der Waals surface area contributed by atoms with Crippen LogP contribution in [0.2, 0.25) is 0 Å². The molecule has 31 heavy (non-hydrogen) atoms. The highest BCUT2D eigenvalue weighted by Crippen LogP contribution is 2.26. The van der Waals surface area contributed by atoms with Gasteiger partial charge in [0.15, 0.2) is 16.8 Å². The largest absolute Gasteiger partial charge is 0.486 e. The van der Waals surface area contributed by atoms with Crippen LogP contribution in [0, 0.1) is 18.6 Å². The Labute approximate surface area is 185 Å². The van der Waals surface area contributed by atoms with Gasteiger partial charge in [0.25, 0.3) is 0 Å². The molecule has 4 aromatic rings. The zero-order chi connectivity index (χ0) is 21.8. The fourth-order valence-corrected chi connectivity index (χ4v) is 4.16. The first-order chi connectivity index (χ1) is 15.0. The molecule has 1 amide bonds. The summed E-state index contributed by atoms with van der Waals surface area (Å²) in [5, 5.41) is 7.36. The Kier molecular flexibility index (Phi) is 6.34. The SMILES string of the molecule is Cc1ccc(OCc2nc(CC(=O)Nc3nc(-c4ccc(F)c(F)c4)cs3)cs2)cc1. The molecule has 4 rings (SSSR count). The number of nitrogens with zero attached hydrogens (tertiary/aromatic N) is 2. The Hall–Kier alpha value is -3.17. The van der Waals surface area contributed by atoms with Crippen LogP contribution in [-0.4, -0.2) is 15.9 Å². The number of amides is 1. The summed E-state index contributed by atoms with van der Waals surface area (Å²) in [6.07, 6.45) is 0.0983. The standard InChI is InChI=1S/C22H17F2N3O2S2/c1-13-2-5-16(6-3-13)29-10-21-25-15(11-30-21)9-20(28)27-22-26-19(12-31-22)14-4-7-17(23)18(24)8-14/h2-8,11-12H,9-10H2,1H3,(H,26,27,28). The predicted molar refractivity (Wildman–Crippen MR) is 117 cm³/mol. The van der Waals surface area contributed by atoms with Crippen LogP contribution in [0.25, 0.3) is 11.3 Å². The molecule has 0 unspecified atom stereocenters. The van der Waals surface area contributed by atoms with E-state index >= 15 is 0 Å². The third-order valence-corrected chi connectivity index (χ3v) is 5.92. The number of rotatable bonds is 7. The minimum atomic E-state index is -0.943. The van der Waals surface area contributed by atoms with Crippen molar-refractivity contribution in [3.05, 3.63) is 81.1 Å². The number of halogens is 2. The van der Waals surface area contributed by atoms with Crippen LogP contribution in [0.1, 0.15) is 16.3 Å². The van der Waals surface area contributed by atoms with Crippen LogP contribution in [0.5, 0.6) is 5.75 Å². The number of thiazole rings is 2. The van der Waals surface area contributed by atoms with Crippen molar-refractivity contribution in [3.8, 4) is 17.0 Å². The van der Waals surface area contributed by atoms with Crippen molar-refractivity contribution in [1.29, 1.82) is 0 Å². The molecule has 0 spiro atoms. The summed E-state index contributed by atoms with van der Waals surface area (Å²) >= 11 is 2.64. The zero-order valence-electron chi connectivity index (χ0n) is 16.4. The molecule has 9 heteroatoms. The molecule has 0 saturated heterocycles. The van der Waals surface area contributed by atoms with E-state index in [0.29, 0.717) is 28.7 Å². The van der Waals surface area contributed by atoms with Crippen molar-refractivity contribution in [2.45, 2.75) is 20.0 Å². The van der Waals surface area contributed by atoms with E-state index in [0.717, 1.165) is 28.5 Å². The van der Waals surface area contributed by atoms with Gasteiger partial charge in [-0.3, -0.25) is 4.79 Å². The summed E-state index contributed by atoms with van der Waals surface area (Å²) in [4.78, 5) is 21.0. The summed E-state index contributed by atoms with van der Waals surface area (Å²) in [5.74, 6) is -1.36. The summed E-state index contributed by atoms with van der Waals surface area (Å²) in [6, 6.07) is 11.3. The molecule has 2 heterocycles. The highest BCUT2D eigenvalue weighted by molar-refractivity contribution is 7.14. The van der Waals surface area contributed by atoms with Gasteiger partial charge in [-0.2, -0.15) is 0 Å². The van der Waals surface area contributed by atoms with Crippen LogP contribution < -0.4 is 10.1 Å². The van der Waals surface area contributed by atoms with Gasteiger partial charge in [0, 0.05) is 16.3 Å². The fraction of sp³-hybridized carbons (Fsp3) is 0.136. The van der Waals surface area contributed by atoms with E-state index in [9.17, 15) is 13.6 Å². The third-order valence-electron chi connectivity index (χ3n) is 4.29. The van der Waals surface area contributed by atoms with E-state index in [4.69, 9.17) is 4.74 Å². The highest BCUT2D eigenvalue weighted by atomic mass is 32.1. The number of aromatic nitrogens is 2. The van der Waals surface area contributed by atoms with Crippen molar-refractivity contribution >= 4 is 33.7 Å². The van der Waals surface area contributed by atoms with Gasteiger partial charge in [-0.05, 0) is 37.3 Å². The molecule has 5 nitrogen and oxygen atoms in total. The fourth-order valence-electron chi connectivity index (χ4n) is 2.72. The highest BCUT2D eigenvalue weighted by Gasteiger charge is 2.12. The van der Waals surface area contributed by atoms with E-state index in [1.807, 2.05) is 36.6 Å². The monoisotopic (exact) mass is 457 g/mol. The molecule has 0 fully saturated rings. The maximum atomic E-state index is 13.4. The molecule has 0 radical (unpaired) electrons. The van der Waals surface area contributed by atoms with Crippen molar-refractivity contribution in [2.75, 3.05) is 5.32 Å². The zero-order valence-corrected chi connectivity index (χ0v) is 18.0. The van der Waals surface area contributed by atoms with E-state index in [1.165, 1.54) is 28.7 Å². The number of hydrogen-bond donors (Lipinski definition) is 1. The van der Waals surface area contributed by atoms with Crippen molar-refractivity contribution < 1.29 is 18.3 Å². The van der Waals surface area contributed by atoms with E-state index in [1.54, 1.807) is 5.38 Å².